The topological polar surface area (TPSA) is 21.7 Å². The van der Waals surface area contributed by atoms with Crippen LogP contribution in [0.4, 0.5) is 4.39 Å². The van der Waals surface area contributed by atoms with Crippen molar-refractivity contribution in [1.82, 2.24) is 4.90 Å². The predicted molar refractivity (Wildman–Crippen MR) is 88.5 cm³/mol. The van der Waals surface area contributed by atoms with Gasteiger partial charge in [-0.1, -0.05) is 18.2 Å². The van der Waals surface area contributed by atoms with Gasteiger partial charge < -0.3 is 9.47 Å². The van der Waals surface area contributed by atoms with Gasteiger partial charge in [-0.15, -0.1) is 0 Å². The molecule has 1 unspecified atom stereocenters. The lowest BCUT2D eigenvalue weighted by Crippen LogP contribution is -2.33. The molecule has 0 aliphatic carbocycles. The Morgan fingerprint density at radius 3 is 2.52 bits per heavy atom. The van der Waals surface area contributed by atoms with E-state index >= 15 is 0 Å². The zero-order valence-corrected chi connectivity index (χ0v) is 13.8. The van der Waals surface area contributed by atoms with Gasteiger partial charge in [-0.25, -0.2) is 4.39 Å². The number of fused-ring (bicyclic) bond motifs is 1. The van der Waals surface area contributed by atoms with E-state index in [0.29, 0.717) is 6.54 Å². The molecule has 2 aromatic carbocycles. The summed E-state index contributed by atoms with van der Waals surface area (Å²) in [7, 11) is 3.30. The number of rotatable bonds is 4. The zero-order valence-electron chi connectivity index (χ0n) is 13.8. The average Bonchev–Trinajstić information content (AvgIpc) is 2.58. The second-order valence-corrected chi connectivity index (χ2v) is 5.89. The van der Waals surface area contributed by atoms with Gasteiger partial charge in [0.15, 0.2) is 11.5 Å². The summed E-state index contributed by atoms with van der Waals surface area (Å²) in [6.45, 7) is 3.67. The van der Waals surface area contributed by atoms with E-state index in [1.54, 1.807) is 20.3 Å². The Hall–Kier alpha value is -2.07. The standard InChI is InChI=1S/C19H22FNO2/c1-13-16-11-19(23-3)18(22-2)10-14(16)8-9-21(13)12-15-6-4-5-7-17(15)20/h4-7,10-11,13H,8-9,12H2,1-3H3. The van der Waals surface area contributed by atoms with Crippen LogP contribution in [0.25, 0.3) is 0 Å². The lowest BCUT2D eigenvalue weighted by molar-refractivity contribution is 0.186. The van der Waals surface area contributed by atoms with Crippen molar-refractivity contribution in [1.29, 1.82) is 0 Å². The molecule has 3 nitrogen and oxygen atoms in total. The fourth-order valence-electron chi connectivity index (χ4n) is 3.26. The lowest BCUT2D eigenvalue weighted by atomic mass is 9.92. The highest BCUT2D eigenvalue weighted by molar-refractivity contribution is 5.49. The summed E-state index contributed by atoms with van der Waals surface area (Å²) in [5, 5.41) is 0. The van der Waals surface area contributed by atoms with Crippen LogP contribution in [0.15, 0.2) is 36.4 Å². The van der Waals surface area contributed by atoms with Gasteiger partial charge >= 0.3 is 0 Å². The van der Waals surface area contributed by atoms with Crippen LogP contribution in [-0.4, -0.2) is 25.7 Å². The van der Waals surface area contributed by atoms with Gasteiger partial charge in [0, 0.05) is 24.7 Å². The molecule has 0 spiro atoms. The van der Waals surface area contributed by atoms with Crippen molar-refractivity contribution < 1.29 is 13.9 Å². The summed E-state index contributed by atoms with van der Waals surface area (Å²) in [6.07, 6.45) is 0.925. The van der Waals surface area contributed by atoms with Gasteiger partial charge in [0.1, 0.15) is 5.82 Å². The minimum Gasteiger partial charge on any atom is -0.493 e. The molecule has 0 amide bonds. The van der Waals surface area contributed by atoms with Crippen LogP contribution in [0.3, 0.4) is 0 Å². The molecule has 0 saturated heterocycles. The van der Waals surface area contributed by atoms with E-state index in [-0.39, 0.29) is 11.9 Å². The summed E-state index contributed by atoms with van der Waals surface area (Å²) >= 11 is 0. The maximum absolute atomic E-state index is 13.9. The van der Waals surface area contributed by atoms with Gasteiger partial charge in [-0.3, -0.25) is 4.90 Å². The van der Waals surface area contributed by atoms with Gasteiger partial charge in [-0.2, -0.15) is 0 Å². The van der Waals surface area contributed by atoms with E-state index in [1.165, 1.54) is 17.2 Å². The second-order valence-electron chi connectivity index (χ2n) is 5.89. The number of hydrogen-bond acceptors (Lipinski definition) is 3. The quantitative estimate of drug-likeness (QED) is 0.852. The molecule has 0 aromatic heterocycles. The Bertz CT molecular complexity index is 702. The van der Waals surface area contributed by atoms with Crippen LogP contribution in [0, 0.1) is 5.82 Å². The molecule has 4 heteroatoms. The van der Waals surface area contributed by atoms with E-state index in [2.05, 4.69) is 17.9 Å². The van der Waals surface area contributed by atoms with Crippen molar-refractivity contribution in [3.63, 3.8) is 0 Å². The molecule has 1 atom stereocenters. The molecule has 23 heavy (non-hydrogen) atoms. The van der Waals surface area contributed by atoms with E-state index in [0.717, 1.165) is 30.0 Å². The third-order valence-electron chi connectivity index (χ3n) is 4.64. The maximum Gasteiger partial charge on any atom is 0.161 e. The van der Waals surface area contributed by atoms with Crippen LogP contribution < -0.4 is 9.47 Å². The van der Waals surface area contributed by atoms with Crippen molar-refractivity contribution in [3.05, 3.63) is 58.9 Å². The fraction of sp³-hybridized carbons (Fsp3) is 0.368. The second kappa shape index (κ2) is 6.59. The highest BCUT2D eigenvalue weighted by Crippen LogP contribution is 2.38. The van der Waals surface area contributed by atoms with Gasteiger partial charge in [0.2, 0.25) is 0 Å². The van der Waals surface area contributed by atoms with Crippen molar-refractivity contribution in [2.75, 3.05) is 20.8 Å². The number of hydrogen-bond donors (Lipinski definition) is 0. The Kier molecular flexibility index (Phi) is 4.53. The first-order valence-corrected chi connectivity index (χ1v) is 7.86. The van der Waals surface area contributed by atoms with Crippen molar-refractivity contribution in [2.24, 2.45) is 0 Å². The Labute approximate surface area is 136 Å². The molecule has 3 rings (SSSR count). The largest absolute Gasteiger partial charge is 0.493 e. The van der Waals surface area contributed by atoms with Crippen molar-refractivity contribution >= 4 is 0 Å². The maximum atomic E-state index is 13.9. The summed E-state index contributed by atoms with van der Waals surface area (Å²) in [5.41, 5.74) is 3.24. The molecule has 1 heterocycles. The van der Waals surface area contributed by atoms with Gasteiger partial charge in [0.25, 0.3) is 0 Å². The van der Waals surface area contributed by atoms with E-state index < -0.39 is 0 Å². The molecule has 0 bridgehead atoms. The third-order valence-corrected chi connectivity index (χ3v) is 4.64. The number of ether oxygens (including phenoxy) is 2. The Morgan fingerprint density at radius 2 is 1.83 bits per heavy atom. The predicted octanol–water partition coefficient (Wildman–Crippen LogP) is 3.96. The normalized spacial score (nSPS) is 17.7. The molecule has 0 N–H and O–H groups in total. The molecule has 0 saturated carbocycles. The van der Waals surface area contributed by atoms with Crippen LogP contribution in [0.5, 0.6) is 11.5 Å². The zero-order chi connectivity index (χ0) is 16.4. The van der Waals surface area contributed by atoms with Crippen LogP contribution >= 0.6 is 0 Å². The first-order chi connectivity index (χ1) is 11.1. The number of halogens is 1. The molecule has 0 fully saturated rings. The van der Waals surface area contributed by atoms with Crippen LogP contribution in [0.1, 0.15) is 29.7 Å². The molecular weight excluding hydrogens is 293 g/mol. The fourth-order valence-corrected chi connectivity index (χ4v) is 3.26. The first-order valence-electron chi connectivity index (χ1n) is 7.86. The minimum absolute atomic E-state index is 0.141. The smallest absolute Gasteiger partial charge is 0.161 e. The third kappa shape index (κ3) is 3.04. The van der Waals surface area contributed by atoms with Crippen molar-refractivity contribution in [2.45, 2.75) is 25.9 Å². The number of methoxy groups -OCH3 is 2. The molecule has 0 radical (unpaired) electrons. The lowest BCUT2D eigenvalue weighted by Gasteiger charge is -2.35. The monoisotopic (exact) mass is 315 g/mol. The summed E-state index contributed by atoms with van der Waals surface area (Å²) < 4.78 is 24.7. The highest BCUT2D eigenvalue weighted by atomic mass is 19.1. The van der Waals surface area contributed by atoms with Gasteiger partial charge in [-0.05, 0) is 42.7 Å². The SMILES string of the molecule is COc1cc2c(cc1OC)C(C)N(Cc1ccccc1F)CC2. The van der Waals surface area contributed by atoms with Crippen LogP contribution in [-0.2, 0) is 13.0 Å². The first kappa shape index (κ1) is 15.8. The Morgan fingerprint density at radius 1 is 1.13 bits per heavy atom. The summed E-state index contributed by atoms with van der Waals surface area (Å²) in [5.74, 6) is 1.37. The molecule has 1 aliphatic rings. The van der Waals surface area contributed by atoms with E-state index in [4.69, 9.17) is 9.47 Å². The molecule has 1 aliphatic heterocycles. The molecular formula is C19H22FNO2. The molecule has 122 valence electrons. The van der Waals surface area contributed by atoms with E-state index in [1.807, 2.05) is 18.2 Å². The number of nitrogens with zero attached hydrogens (tertiary/aromatic N) is 1. The summed E-state index contributed by atoms with van der Waals surface area (Å²) in [6, 6.07) is 11.3. The number of benzene rings is 2. The van der Waals surface area contributed by atoms with Gasteiger partial charge in [0.05, 0.1) is 14.2 Å². The summed E-state index contributed by atoms with van der Waals surface area (Å²) in [4.78, 5) is 2.30. The van der Waals surface area contributed by atoms with E-state index in [9.17, 15) is 4.39 Å². The van der Waals surface area contributed by atoms with Crippen molar-refractivity contribution in [3.8, 4) is 11.5 Å². The Balaban J connectivity index is 1.88. The van der Waals surface area contributed by atoms with Crippen LogP contribution in [0.2, 0.25) is 0 Å². The minimum atomic E-state index is -0.141. The average molecular weight is 315 g/mol. The highest BCUT2D eigenvalue weighted by Gasteiger charge is 2.26. The molecule has 2 aromatic rings.